The van der Waals surface area contributed by atoms with Gasteiger partial charge >= 0.3 is 6.18 Å². The second kappa shape index (κ2) is 7.90. The molecule has 0 aromatic rings. The van der Waals surface area contributed by atoms with Crippen LogP contribution < -0.4 is 5.32 Å². The molecule has 0 bridgehead atoms. The van der Waals surface area contributed by atoms with Gasteiger partial charge in [-0.2, -0.15) is 13.2 Å². The molecule has 0 aromatic carbocycles. The van der Waals surface area contributed by atoms with Crippen LogP contribution in [0.5, 0.6) is 0 Å². The van der Waals surface area contributed by atoms with E-state index in [0.717, 1.165) is 19.3 Å². The van der Waals surface area contributed by atoms with Crippen LogP contribution in [0.1, 0.15) is 33.1 Å². The Bertz CT molecular complexity index is 169. The Labute approximate surface area is 95.5 Å². The molecule has 0 aromatic heterocycles. The van der Waals surface area contributed by atoms with Gasteiger partial charge in [0, 0.05) is 6.04 Å². The highest BCUT2D eigenvalue weighted by molar-refractivity contribution is 4.69. The Morgan fingerprint density at radius 2 is 1.75 bits per heavy atom. The number of halogens is 3. The maximum Gasteiger partial charge on any atom is 0.411 e. The lowest BCUT2D eigenvalue weighted by atomic mass is 9.95. The van der Waals surface area contributed by atoms with Gasteiger partial charge < -0.3 is 10.1 Å². The minimum atomic E-state index is -4.23. The lowest BCUT2D eigenvalue weighted by Gasteiger charge is -2.21. The molecule has 1 N–H and O–H groups in total. The molecular formula is C11H22F3NO. The van der Waals surface area contributed by atoms with Crippen LogP contribution in [0.3, 0.4) is 0 Å². The summed E-state index contributed by atoms with van der Waals surface area (Å²) in [5.41, 5.74) is 0. The summed E-state index contributed by atoms with van der Waals surface area (Å²) >= 11 is 0. The minimum absolute atomic E-state index is 0.00671. The molecule has 0 saturated heterocycles. The molecule has 0 aliphatic rings. The first-order chi connectivity index (χ1) is 7.42. The van der Waals surface area contributed by atoms with E-state index in [1.54, 1.807) is 7.05 Å². The first-order valence-corrected chi connectivity index (χ1v) is 5.74. The fourth-order valence-electron chi connectivity index (χ4n) is 1.61. The second-order valence-electron chi connectivity index (χ2n) is 4.03. The number of nitrogens with one attached hydrogen (secondary N) is 1. The molecule has 98 valence electrons. The summed E-state index contributed by atoms with van der Waals surface area (Å²) in [7, 11) is 1.75. The molecule has 0 aliphatic heterocycles. The molecule has 1 unspecified atom stereocenters. The molecule has 0 amide bonds. The van der Waals surface area contributed by atoms with Crippen LogP contribution in [0.15, 0.2) is 0 Å². The zero-order valence-electron chi connectivity index (χ0n) is 10.2. The third kappa shape index (κ3) is 7.93. The van der Waals surface area contributed by atoms with Crippen molar-refractivity contribution in [2.45, 2.75) is 45.3 Å². The lowest BCUT2D eigenvalue weighted by molar-refractivity contribution is -0.175. The van der Waals surface area contributed by atoms with E-state index in [4.69, 9.17) is 0 Å². The van der Waals surface area contributed by atoms with Gasteiger partial charge in [-0.25, -0.2) is 0 Å². The lowest BCUT2D eigenvalue weighted by Crippen LogP contribution is -2.34. The normalized spacial score (nSPS) is 14.4. The Hall–Kier alpha value is -0.290. The van der Waals surface area contributed by atoms with Gasteiger partial charge in [-0.3, -0.25) is 0 Å². The molecule has 0 radical (unpaired) electrons. The predicted octanol–water partition coefficient (Wildman–Crippen LogP) is 2.98. The summed E-state index contributed by atoms with van der Waals surface area (Å²) in [4.78, 5) is 0. The van der Waals surface area contributed by atoms with Crippen molar-refractivity contribution in [1.82, 2.24) is 5.32 Å². The molecule has 5 heteroatoms. The molecule has 1 atom stereocenters. The van der Waals surface area contributed by atoms with Gasteiger partial charge in [0.05, 0.1) is 6.61 Å². The van der Waals surface area contributed by atoms with Crippen LogP contribution in [0, 0.1) is 5.92 Å². The SMILES string of the molecule is CCC(CC)CC(COCC(F)(F)F)NC. The van der Waals surface area contributed by atoms with Crippen LogP contribution in [0.25, 0.3) is 0 Å². The topological polar surface area (TPSA) is 21.3 Å². The first kappa shape index (κ1) is 15.7. The standard InChI is InChI=1S/C11H22F3NO/c1-4-9(5-2)6-10(15-3)7-16-8-11(12,13)14/h9-10,15H,4-8H2,1-3H3. The van der Waals surface area contributed by atoms with Gasteiger partial charge in [0.15, 0.2) is 0 Å². The Kier molecular flexibility index (Phi) is 7.76. The van der Waals surface area contributed by atoms with Crippen molar-refractivity contribution in [2.75, 3.05) is 20.3 Å². The van der Waals surface area contributed by atoms with Crippen LogP contribution in [-0.2, 0) is 4.74 Å². The molecule has 0 spiro atoms. The van der Waals surface area contributed by atoms with Crippen molar-refractivity contribution in [3.8, 4) is 0 Å². The smallest absolute Gasteiger partial charge is 0.370 e. The molecular weight excluding hydrogens is 219 g/mol. The molecule has 0 aliphatic carbocycles. The molecule has 0 rings (SSSR count). The van der Waals surface area contributed by atoms with Gasteiger partial charge in [0.25, 0.3) is 0 Å². The average molecular weight is 241 g/mol. The highest BCUT2D eigenvalue weighted by atomic mass is 19.4. The predicted molar refractivity (Wildman–Crippen MR) is 58.4 cm³/mol. The first-order valence-electron chi connectivity index (χ1n) is 5.74. The van der Waals surface area contributed by atoms with Gasteiger partial charge in [-0.1, -0.05) is 26.7 Å². The summed E-state index contributed by atoms with van der Waals surface area (Å²) in [6.07, 6.45) is -1.27. The van der Waals surface area contributed by atoms with E-state index in [2.05, 4.69) is 23.9 Å². The summed E-state index contributed by atoms with van der Waals surface area (Å²) in [6, 6.07) is 0.00671. The maximum absolute atomic E-state index is 11.9. The van der Waals surface area contributed by atoms with Gasteiger partial charge in [0.2, 0.25) is 0 Å². The van der Waals surface area contributed by atoms with E-state index in [-0.39, 0.29) is 12.6 Å². The van der Waals surface area contributed by atoms with E-state index in [9.17, 15) is 13.2 Å². The van der Waals surface area contributed by atoms with Gasteiger partial charge in [0.1, 0.15) is 6.61 Å². The van der Waals surface area contributed by atoms with E-state index < -0.39 is 12.8 Å². The highest BCUT2D eigenvalue weighted by Gasteiger charge is 2.27. The van der Waals surface area contributed by atoms with E-state index in [1.807, 2.05) is 0 Å². The number of likely N-dealkylation sites (N-methyl/N-ethyl adjacent to an activating group) is 1. The van der Waals surface area contributed by atoms with Gasteiger partial charge in [-0.15, -0.1) is 0 Å². The van der Waals surface area contributed by atoms with Crippen molar-refractivity contribution in [3.05, 3.63) is 0 Å². The third-order valence-electron chi connectivity index (χ3n) is 2.77. The van der Waals surface area contributed by atoms with Crippen molar-refractivity contribution >= 4 is 0 Å². The maximum atomic E-state index is 11.9. The summed E-state index contributed by atoms with van der Waals surface area (Å²) in [6.45, 7) is 3.15. The quantitative estimate of drug-likeness (QED) is 0.705. The highest BCUT2D eigenvalue weighted by Crippen LogP contribution is 2.17. The van der Waals surface area contributed by atoms with E-state index in [1.165, 1.54) is 0 Å². The third-order valence-corrected chi connectivity index (χ3v) is 2.77. The minimum Gasteiger partial charge on any atom is -0.370 e. The molecule has 0 heterocycles. The number of hydrogen-bond acceptors (Lipinski definition) is 2. The zero-order valence-corrected chi connectivity index (χ0v) is 10.2. The number of alkyl halides is 3. The summed E-state index contributed by atoms with van der Waals surface area (Å²) in [5, 5.41) is 3.00. The van der Waals surface area contributed by atoms with Crippen molar-refractivity contribution in [2.24, 2.45) is 5.92 Å². The zero-order chi connectivity index (χ0) is 12.6. The fraction of sp³-hybridized carbons (Fsp3) is 1.00. The number of hydrogen-bond donors (Lipinski definition) is 1. The molecule has 0 saturated carbocycles. The monoisotopic (exact) mass is 241 g/mol. The number of ether oxygens (including phenoxy) is 1. The summed E-state index contributed by atoms with van der Waals surface area (Å²) in [5.74, 6) is 0.548. The Morgan fingerprint density at radius 1 is 1.19 bits per heavy atom. The van der Waals surface area contributed by atoms with Crippen molar-refractivity contribution in [3.63, 3.8) is 0 Å². The Balaban J connectivity index is 3.83. The van der Waals surface area contributed by atoms with E-state index >= 15 is 0 Å². The average Bonchev–Trinajstić information content (AvgIpc) is 2.21. The fourth-order valence-corrected chi connectivity index (χ4v) is 1.61. The second-order valence-corrected chi connectivity index (χ2v) is 4.03. The largest absolute Gasteiger partial charge is 0.411 e. The molecule has 2 nitrogen and oxygen atoms in total. The van der Waals surface area contributed by atoms with Crippen LogP contribution in [0.4, 0.5) is 13.2 Å². The molecule has 0 fully saturated rings. The number of rotatable bonds is 8. The van der Waals surface area contributed by atoms with Crippen LogP contribution >= 0.6 is 0 Å². The summed E-state index contributed by atoms with van der Waals surface area (Å²) < 4.78 is 40.2. The Morgan fingerprint density at radius 3 is 2.12 bits per heavy atom. The van der Waals surface area contributed by atoms with E-state index in [0.29, 0.717) is 5.92 Å². The van der Waals surface area contributed by atoms with Crippen molar-refractivity contribution < 1.29 is 17.9 Å². The van der Waals surface area contributed by atoms with Crippen LogP contribution in [0.2, 0.25) is 0 Å². The van der Waals surface area contributed by atoms with Crippen LogP contribution in [-0.4, -0.2) is 32.5 Å². The molecule has 16 heavy (non-hydrogen) atoms. The van der Waals surface area contributed by atoms with Gasteiger partial charge in [-0.05, 0) is 19.4 Å². The van der Waals surface area contributed by atoms with Crippen molar-refractivity contribution in [1.29, 1.82) is 0 Å².